The molecular formula is C30H31FN8O2. The van der Waals surface area contributed by atoms with E-state index in [0.717, 1.165) is 76.8 Å². The molecule has 0 spiro atoms. The van der Waals surface area contributed by atoms with Crippen molar-refractivity contribution in [2.24, 2.45) is 0 Å². The Hall–Kier alpha value is -4.80. The Morgan fingerprint density at radius 2 is 1.85 bits per heavy atom. The van der Waals surface area contributed by atoms with Crippen molar-refractivity contribution in [2.45, 2.75) is 32.1 Å². The Labute approximate surface area is 236 Å². The lowest BCUT2D eigenvalue weighted by molar-refractivity contribution is 0.0958. The van der Waals surface area contributed by atoms with E-state index in [9.17, 15) is 9.18 Å². The molecule has 1 saturated heterocycles. The highest BCUT2D eigenvalue weighted by Gasteiger charge is 2.36. The molecule has 0 radical (unpaired) electrons. The second-order valence-corrected chi connectivity index (χ2v) is 10.6. The number of amides is 1. The lowest BCUT2D eigenvalue weighted by Crippen LogP contribution is -2.42. The van der Waals surface area contributed by atoms with Crippen LogP contribution in [0.1, 0.15) is 41.8 Å². The predicted octanol–water partition coefficient (Wildman–Crippen LogP) is 4.78. The van der Waals surface area contributed by atoms with Crippen molar-refractivity contribution < 1.29 is 13.9 Å². The van der Waals surface area contributed by atoms with E-state index in [-0.39, 0.29) is 17.1 Å². The number of carbonyl (C=O) groups is 1. The molecule has 1 aliphatic rings. The number of methoxy groups -OCH3 is 1. The van der Waals surface area contributed by atoms with E-state index in [4.69, 9.17) is 9.72 Å². The maximum atomic E-state index is 14.4. The minimum Gasteiger partial charge on any atom is -0.494 e. The van der Waals surface area contributed by atoms with Crippen LogP contribution in [0.15, 0.2) is 48.9 Å². The molecule has 1 amide bonds. The number of piperidine rings is 1. The molecule has 11 heteroatoms. The second kappa shape index (κ2) is 10.3. The topological polar surface area (TPSA) is 125 Å². The molecule has 210 valence electrons. The summed E-state index contributed by atoms with van der Waals surface area (Å²) in [5.41, 5.74) is 5.04. The molecule has 0 saturated carbocycles. The number of fused-ring (bicyclic) bond motifs is 1. The number of aromatic amines is 2. The SMILES string of the molecule is CNC(=O)c1ccc(-c2cc3c(N4CCC(C)(c5nc(C)c(-c6ccc(OC)c(F)c6)[nH]5)CC4)ncnc3[nH]2)cn1. The van der Waals surface area contributed by atoms with E-state index in [1.807, 2.05) is 25.1 Å². The molecule has 4 aromatic heterocycles. The Morgan fingerprint density at radius 1 is 1.07 bits per heavy atom. The van der Waals surface area contributed by atoms with Crippen LogP contribution in [0.2, 0.25) is 0 Å². The largest absolute Gasteiger partial charge is 0.494 e. The molecule has 0 bridgehead atoms. The van der Waals surface area contributed by atoms with Crippen molar-refractivity contribution in [1.29, 1.82) is 0 Å². The number of imidazole rings is 1. The van der Waals surface area contributed by atoms with Gasteiger partial charge in [-0.2, -0.15) is 0 Å². The smallest absolute Gasteiger partial charge is 0.269 e. The van der Waals surface area contributed by atoms with Crippen LogP contribution in [-0.4, -0.2) is 63.1 Å². The van der Waals surface area contributed by atoms with Gasteiger partial charge in [-0.3, -0.25) is 9.78 Å². The van der Waals surface area contributed by atoms with E-state index in [1.165, 1.54) is 13.2 Å². The van der Waals surface area contributed by atoms with E-state index >= 15 is 0 Å². The molecule has 0 atom stereocenters. The molecule has 5 heterocycles. The van der Waals surface area contributed by atoms with Crippen LogP contribution in [0.4, 0.5) is 10.2 Å². The Bertz CT molecular complexity index is 1740. The van der Waals surface area contributed by atoms with Gasteiger partial charge in [0.05, 0.1) is 23.9 Å². The number of pyridine rings is 1. The van der Waals surface area contributed by atoms with Crippen molar-refractivity contribution >= 4 is 22.8 Å². The lowest BCUT2D eigenvalue weighted by Gasteiger charge is -2.38. The van der Waals surface area contributed by atoms with Crippen LogP contribution >= 0.6 is 0 Å². The van der Waals surface area contributed by atoms with Gasteiger partial charge in [0, 0.05) is 48.6 Å². The summed E-state index contributed by atoms with van der Waals surface area (Å²) < 4.78 is 19.4. The number of rotatable bonds is 6. The van der Waals surface area contributed by atoms with Gasteiger partial charge in [0.1, 0.15) is 29.3 Å². The molecule has 1 aliphatic heterocycles. The third-order valence-corrected chi connectivity index (χ3v) is 8.00. The zero-order valence-electron chi connectivity index (χ0n) is 23.4. The second-order valence-electron chi connectivity index (χ2n) is 10.6. The number of aryl methyl sites for hydroxylation is 1. The fraction of sp³-hybridized carbons (Fsp3) is 0.300. The van der Waals surface area contributed by atoms with Crippen molar-refractivity contribution in [1.82, 2.24) is 35.2 Å². The highest BCUT2D eigenvalue weighted by Crippen LogP contribution is 2.38. The first kappa shape index (κ1) is 26.4. The molecule has 5 aromatic rings. The molecule has 1 fully saturated rings. The summed E-state index contributed by atoms with van der Waals surface area (Å²) in [7, 11) is 3.04. The van der Waals surface area contributed by atoms with Gasteiger partial charge in [0.15, 0.2) is 11.6 Å². The summed E-state index contributed by atoms with van der Waals surface area (Å²) in [4.78, 5) is 39.2. The lowest BCUT2D eigenvalue weighted by atomic mass is 9.79. The van der Waals surface area contributed by atoms with E-state index in [0.29, 0.717) is 5.69 Å². The first-order chi connectivity index (χ1) is 19.8. The van der Waals surface area contributed by atoms with E-state index < -0.39 is 5.82 Å². The van der Waals surface area contributed by atoms with Crippen molar-refractivity contribution in [3.63, 3.8) is 0 Å². The number of carbonyl (C=O) groups excluding carboxylic acids is 1. The standard InChI is InChI=1S/C30H31FN8O2/c1-17-25(18-6-8-24(41-4)21(31)13-18)38-29(36-17)30(2)9-11-39(12-10-30)27-20-14-23(37-26(20)34-16-35-27)19-5-7-22(33-15-19)28(40)32-3/h5-8,13-16H,9-12H2,1-4H3,(H,32,40)(H,36,38)(H,34,35,37). The third-order valence-electron chi connectivity index (χ3n) is 8.00. The first-order valence-corrected chi connectivity index (χ1v) is 13.5. The number of hydrogen-bond donors (Lipinski definition) is 3. The Kier molecular flexibility index (Phi) is 6.64. The Morgan fingerprint density at radius 3 is 2.54 bits per heavy atom. The van der Waals surface area contributed by atoms with Crippen LogP contribution in [0.3, 0.4) is 0 Å². The number of nitrogens with one attached hydrogen (secondary N) is 3. The summed E-state index contributed by atoms with van der Waals surface area (Å²) >= 11 is 0. The number of nitrogens with zero attached hydrogens (tertiary/aromatic N) is 5. The van der Waals surface area contributed by atoms with Crippen LogP contribution in [0.5, 0.6) is 5.75 Å². The molecule has 1 aromatic carbocycles. The average molecular weight is 555 g/mol. The van der Waals surface area contributed by atoms with Crippen molar-refractivity contribution in [2.75, 3.05) is 32.1 Å². The van der Waals surface area contributed by atoms with E-state index in [2.05, 4.69) is 42.1 Å². The molecule has 10 nitrogen and oxygen atoms in total. The summed E-state index contributed by atoms with van der Waals surface area (Å²) in [5, 5.41) is 3.51. The molecule has 3 N–H and O–H groups in total. The van der Waals surface area contributed by atoms with Gasteiger partial charge in [0.25, 0.3) is 5.91 Å². The maximum absolute atomic E-state index is 14.4. The number of aromatic nitrogens is 6. The number of ether oxygens (including phenoxy) is 1. The summed E-state index contributed by atoms with van der Waals surface area (Å²) in [6, 6.07) is 10.6. The third kappa shape index (κ3) is 4.77. The molecule has 0 aliphatic carbocycles. The number of H-pyrrole nitrogens is 2. The van der Waals surface area contributed by atoms with Crippen molar-refractivity contribution in [3.8, 4) is 28.3 Å². The molecule has 0 unspecified atom stereocenters. The van der Waals surface area contributed by atoms with Crippen LogP contribution in [-0.2, 0) is 5.41 Å². The molecule has 6 rings (SSSR count). The molecular weight excluding hydrogens is 523 g/mol. The van der Waals surface area contributed by atoms with Crippen LogP contribution in [0.25, 0.3) is 33.5 Å². The van der Waals surface area contributed by atoms with Crippen LogP contribution in [0, 0.1) is 12.7 Å². The molecule has 41 heavy (non-hydrogen) atoms. The highest BCUT2D eigenvalue weighted by atomic mass is 19.1. The summed E-state index contributed by atoms with van der Waals surface area (Å²) in [5.74, 6) is 1.37. The van der Waals surface area contributed by atoms with Crippen molar-refractivity contribution in [3.05, 3.63) is 72.0 Å². The number of halogens is 1. The van der Waals surface area contributed by atoms with Crippen LogP contribution < -0.4 is 15.0 Å². The Balaban J connectivity index is 1.22. The van der Waals surface area contributed by atoms with Gasteiger partial charge in [-0.05, 0) is 56.2 Å². The predicted molar refractivity (Wildman–Crippen MR) is 155 cm³/mol. The number of benzene rings is 1. The fourth-order valence-corrected chi connectivity index (χ4v) is 5.45. The normalized spacial score (nSPS) is 14.8. The van der Waals surface area contributed by atoms with Gasteiger partial charge in [-0.25, -0.2) is 19.3 Å². The first-order valence-electron chi connectivity index (χ1n) is 13.5. The minimum atomic E-state index is -0.402. The van der Waals surface area contributed by atoms with Gasteiger partial charge >= 0.3 is 0 Å². The van der Waals surface area contributed by atoms with E-state index in [1.54, 1.807) is 31.7 Å². The highest BCUT2D eigenvalue weighted by molar-refractivity contribution is 5.93. The summed E-state index contributed by atoms with van der Waals surface area (Å²) in [6.07, 6.45) is 4.98. The van der Waals surface area contributed by atoms with Gasteiger partial charge in [0.2, 0.25) is 0 Å². The number of anilines is 1. The minimum absolute atomic E-state index is 0.168. The van der Waals surface area contributed by atoms with Gasteiger partial charge in [-0.15, -0.1) is 0 Å². The zero-order chi connectivity index (χ0) is 28.7. The average Bonchev–Trinajstić information content (AvgIpc) is 3.61. The number of hydrogen-bond acceptors (Lipinski definition) is 7. The maximum Gasteiger partial charge on any atom is 0.269 e. The van der Waals surface area contributed by atoms with Gasteiger partial charge < -0.3 is 24.9 Å². The monoisotopic (exact) mass is 554 g/mol. The quantitative estimate of drug-likeness (QED) is 0.276. The van der Waals surface area contributed by atoms with Gasteiger partial charge in [-0.1, -0.05) is 6.92 Å². The zero-order valence-corrected chi connectivity index (χ0v) is 23.4. The fourth-order valence-electron chi connectivity index (χ4n) is 5.45. The summed E-state index contributed by atoms with van der Waals surface area (Å²) in [6.45, 7) is 5.74.